The van der Waals surface area contributed by atoms with Crippen molar-refractivity contribution in [2.75, 3.05) is 11.1 Å². The molecule has 0 heterocycles. The van der Waals surface area contributed by atoms with Gasteiger partial charge in [0, 0.05) is 11.1 Å². The molecule has 27 heavy (non-hydrogen) atoms. The van der Waals surface area contributed by atoms with Crippen LogP contribution < -0.4 is 11.1 Å². The van der Waals surface area contributed by atoms with E-state index in [9.17, 15) is 9.59 Å². The molecule has 0 fully saturated rings. The molecule has 3 aromatic carbocycles. The lowest BCUT2D eigenvalue weighted by atomic mass is 9.98. The van der Waals surface area contributed by atoms with Gasteiger partial charge in [-0.2, -0.15) is 0 Å². The number of carboxylic acid groups (broad SMARTS) is 1. The zero-order valence-corrected chi connectivity index (χ0v) is 14.3. The maximum absolute atomic E-state index is 12.9. The number of carbonyl (C=O) groups is 2. The Morgan fingerprint density at radius 1 is 0.926 bits per heavy atom. The predicted molar refractivity (Wildman–Crippen MR) is 106 cm³/mol. The largest absolute Gasteiger partial charge is 0.478 e. The third kappa shape index (κ3) is 2.66. The number of hydrogen-bond donors (Lipinski definition) is 3. The second kappa shape index (κ2) is 6.14. The van der Waals surface area contributed by atoms with Crippen LogP contribution in [0.15, 0.2) is 67.2 Å². The van der Waals surface area contributed by atoms with Crippen LogP contribution in [0.5, 0.6) is 0 Å². The highest BCUT2D eigenvalue weighted by Gasteiger charge is 2.26. The van der Waals surface area contributed by atoms with E-state index in [0.29, 0.717) is 11.3 Å². The number of aromatic carboxylic acids is 1. The van der Waals surface area contributed by atoms with Crippen molar-refractivity contribution < 1.29 is 14.7 Å². The van der Waals surface area contributed by atoms with Crippen molar-refractivity contribution in [1.29, 1.82) is 0 Å². The van der Waals surface area contributed by atoms with Gasteiger partial charge < -0.3 is 16.2 Å². The maximum Gasteiger partial charge on any atom is 0.335 e. The molecule has 0 bridgehead atoms. The van der Waals surface area contributed by atoms with Gasteiger partial charge in [-0.25, -0.2) is 4.79 Å². The number of carbonyl (C=O) groups excluding carboxylic acids is 1. The Morgan fingerprint density at radius 2 is 1.63 bits per heavy atom. The van der Waals surface area contributed by atoms with Gasteiger partial charge in [-0.3, -0.25) is 4.79 Å². The molecule has 0 saturated carbocycles. The Morgan fingerprint density at radius 3 is 2.37 bits per heavy atom. The van der Waals surface area contributed by atoms with Gasteiger partial charge in [0.25, 0.3) is 5.91 Å². The number of amides is 1. The highest BCUT2D eigenvalue weighted by molar-refractivity contribution is 6.14. The number of carboxylic acids is 1. The van der Waals surface area contributed by atoms with E-state index in [4.69, 9.17) is 10.8 Å². The Labute approximate surface area is 155 Å². The maximum atomic E-state index is 12.9. The quantitative estimate of drug-likeness (QED) is 0.478. The summed E-state index contributed by atoms with van der Waals surface area (Å²) in [6, 6.07) is 17.6. The van der Waals surface area contributed by atoms with E-state index in [0.717, 1.165) is 27.8 Å². The number of nitrogen functional groups attached to an aromatic ring is 1. The molecule has 3 aromatic rings. The van der Waals surface area contributed by atoms with Gasteiger partial charge in [-0.15, -0.1) is 0 Å². The van der Waals surface area contributed by atoms with Crippen LogP contribution in [0.4, 0.5) is 11.4 Å². The summed E-state index contributed by atoms with van der Waals surface area (Å²) < 4.78 is 0. The summed E-state index contributed by atoms with van der Waals surface area (Å²) >= 11 is 0. The highest BCUT2D eigenvalue weighted by atomic mass is 16.4. The van der Waals surface area contributed by atoms with Gasteiger partial charge in [0.1, 0.15) is 0 Å². The second-order valence-corrected chi connectivity index (χ2v) is 6.31. The van der Waals surface area contributed by atoms with Gasteiger partial charge >= 0.3 is 5.97 Å². The molecule has 4 N–H and O–H groups in total. The van der Waals surface area contributed by atoms with Gasteiger partial charge in [0.05, 0.1) is 16.9 Å². The first-order valence-electron chi connectivity index (χ1n) is 8.33. The van der Waals surface area contributed by atoms with E-state index < -0.39 is 5.97 Å². The summed E-state index contributed by atoms with van der Waals surface area (Å²) in [5.41, 5.74) is 11.5. The standard InChI is InChI=1S/C22H16N2O3/c1-12-14-5-2-3-6-15(14)16-7-4-8-17(20(12)16)21(25)24-19-11-13(22(26)27)9-10-18(19)23/h2-11H,1,23H2,(H,24,25)(H,26,27). The van der Waals surface area contributed by atoms with Crippen LogP contribution in [0.3, 0.4) is 0 Å². The minimum Gasteiger partial charge on any atom is -0.478 e. The molecule has 0 aliphatic heterocycles. The molecule has 1 aliphatic rings. The molecule has 0 radical (unpaired) electrons. The van der Waals surface area contributed by atoms with Crippen molar-refractivity contribution in [3.8, 4) is 11.1 Å². The van der Waals surface area contributed by atoms with Crippen molar-refractivity contribution in [2.24, 2.45) is 0 Å². The number of hydrogen-bond acceptors (Lipinski definition) is 3. The molecule has 1 aliphatic carbocycles. The molecule has 132 valence electrons. The molecule has 0 aromatic heterocycles. The number of fused-ring (bicyclic) bond motifs is 3. The zero-order valence-electron chi connectivity index (χ0n) is 14.3. The van der Waals surface area contributed by atoms with Crippen LogP contribution in [0.1, 0.15) is 31.8 Å². The van der Waals surface area contributed by atoms with Gasteiger partial charge in [0.2, 0.25) is 0 Å². The summed E-state index contributed by atoms with van der Waals surface area (Å²) in [5, 5.41) is 11.9. The molecule has 0 saturated heterocycles. The minimum atomic E-state index is -1.09. The van der Waals surface area contributed by atoms with Crippen LogP contribution in [0.2, 0.25) is 0 Å². The summed E-state index contributed by atoms with van der Waals surface area (Å²) in [7, 11) is 0. The summed E-state index contributed by atoms with van der Waals surface area (Å²) in [6.45, 7) is 4.16. The molecule has 0 spiro atoms. The first-order chi connectivity index (χ1) is 13.0. The van der Waals surface area contributed by atoms with Crippen molar-refractivity contribution in [3.05, 3.63) is 89.5 Å². The summed E-state index contributed by atoms with van der Waals surface area (Å²) in [4.78, 5) is 24.1. The number of nitrogens with two attached hydrogens (primary N) is 1. The van der Waals surface area contributed by atoms with E-state index >= 15 is 0 Å². The molecule has 5 heteroatoms. The fourth-order valence-corrected chi connectivity index (χ4v) is 3.39. The monoisotopic (exact) mass is 356 g/mol. The second-order valence-electron chi connectivity index (χ2n) is 6.31. The van der Waals surface area contributed by atoms with Crippen LogP contribution in [-0.4, -0.2) is 17.0 Å². The van der Waals surface area contributed by atoms with Crippen LogP contribution in [-0.2, 0) is 0 Å². The van der Waals surface area contributed by atoms with Crippen LogP contribution >= 0.6 is 0 Å². The van der Waals surface area contributed by atoms with Crippen molar-refractivity contribution >= 4 is 28.8 Å². The first kappa shape index (κ1) is 16.6. The van der Waals surface area contributed by atoms with Crippen molar-refractivity contribution in [1.82, 2.24) is 0 Å². The Balaban J connectivity index is 1.75. The van der Waals surface area contributed by atoms with Crippen molar-refractivity contribution in [3.63, 3.8) is 0 Å². The fourth-order valence-electron chi connectivity index (χ4n) is 3.39. The minimum absolute atomic E-state index is 0.0506. The normalized spacial score (nSPS) is 11.6. The molecular formula is C22H16N2O3. The smallest absolute Gasteiger partial charge is 0.335 e. The Bertz CT molecular complexity index is 1130. The Hall–Kier alpha value is -3.86. The number of anilines is 2. The van der Waals surface area contributed by atoms with Crippen LogP contribution in [0.25, 0.3) is 16.7 Å². The zero-order chi connectivity index (χ0) is 19.1. The van der Waals surface area contributed by atoms with Gasteiger partial charge in [-0.1, -0.05) is 43.0 Å². The predicted octanol–water partition coefficient (Wildman–Crippen LogP) is 4.26. The Kier molecular flexibility index (Phi) is 3.78. The van der Waals surface area contributed by atoms with E-state index in [1.54, 1.807) is 6.07 Å². The number of benzene rings is 3. The van der Waals surface area contributed by atoms with Gasteiger partial charge in [-0.05, 0) is 46.5 Å². The SMILES string of the molecule is C=C1c2ccccc2-c2cccc(C(=O)Nc3cc(C(=O)O)ccc3N)c21. The average molecular weight is 356 g/mol. The lowest BCUT2D eigenvalue weighted by Crippen LogP contribution is -2.15. The average Bonchev–Trinajstić information content (AvgIpc) is 2.96. The van der Waals surface area contributed by atoms with Crippen molar-refractivity contribution in [2.45, 2.75) is 0 Å². The van der Waals surface area contributed by atoms with E-state index in [1.807, 2.05) is 36.4 Å². The highest BCUT2D eigenvalue weighted by Crippen LogP contribution is 2.44. The summed E-state index contributed by atoms with van der Waals surface area (Å²) in [6.07, 6.45) is 0. The lowest BCUT2D eigenvalue weighted by Gasteiger charge is -2.12. The molecule has 1 amide bonds. The van der Waals surface area contributed by atoms with E-state index in [1.165, 1.54) is 18.2 Å². The topological polar surface area (TPSA) is 92.4 Å². The molecule has 0 atom stereocenters. The number of nitrogens with one attached hydrogen (secondary N) is 1. The van der Waals surface area contributed by atoms with Crippen LogP contribution in [0, 0.1) is 0 Å². The van der Waals surface area contributed by atoms with Gasteiger partial charge in [0.15, 0.2) is 0 Å². The molecule has 0 unspecified atom stereocenters. The first-order valence-corrected chi connectivity index (χ1v) is 8.33. The third-order valence-electron chi connectivity index (χ3n) is 4.70. The molecular weight excluding hydrogens is 340 g/mol. The summed E-state index contributed by atoms with van der Waals surface area (Å²) in [5.74, 6) is -1.45. The number of rotatable bonds is 3. The fraction of sp³-hybridized carbons (Fsp3) is 0. The molecule has 5 nitrogen and oxygen atoms in total. The lowest BCUT2D eigenvalue weighted by molar-refractivity contribution is 0.0696. The van der Waals surface area contributed by atoms with E-state index in [-0.39, 0.29) is 17.2 Å². The third-order valence-corrected chi connectivity index (χ3v) is 4.70. The molecule has 4 rings (SSSR count). The van der Waals surface area contributed by atoms with E-state index in [2.05, 4.69) is 11.9 Å².